The molecule has 0 fully saturated rings. The van der Waals surface area contributed by atoms with Crippen LogP contribution >= 0.6 is 7.37 Å². The Morgan fingerprint density at radius 2 is 1.96 bits per heavy atom. The zero-order valence-electron chi connectivity index (χ0n) is 13.7. The maximum Gasteiger partial charge on any atom is 0.341 e. The van der Waals surface area contributed by atoms with E-state index in [4.69, 9.17) is 25.4 Å². The normalized spacial score (nSPS) is 15.6. The van der Waals surface area contributed by atoms with Gasteiger partial charge in [-0.3, -0.25) is 9.36 Å². The minimum atomic E-state index is -4.34. The summed E-state index contributed by atoms with van der Waals surface area (Å²) in [5.74, 6) is -6.69. The van der Waals surface area contributed by atoms with E-state index in [1.165, 1.54) is 0 Å². The summed E-state index contributed by atoms with van der Waals surface area (Å²) in [5, 5.41) is 27.3. The van der Waals surface area contributed by atoms with E-state index in [0.29, 0.717) is 6.07 Å². The Kier molecular flexibility index (Phi) is 7.52. The summed E-state index contributed by atoms with van der Waals surface area (Å²) in [5.41, 5.74) is 4.93. The number of nitrogens with two attached hydrogens (primary N) is 1. The average Bonchev–Trinajstić information content (AvgIpc) is 2.56. The fraction of sp³-hybridized carbons (Fsp3) is 0.429. The van der Waals surface area contributed by atoms with E-state index in [0.717, 1.165) is 13.2 Å². The molecule has 0 heterocycles. The Balaban J connectivity index is 3.06. The number of carboxylic acid groups (broad SMARTS) is 2. The molecule has 0 bridgehead atoms. The van der Waals surface area contributed by atoms with Crippen molar-refractivity contribution in [2.45, 2.75) is 18.3 Å². The summed E-state index contributed by atoms with van der Waals surface area (Å²) in [6.07, 6.45) is -0.984. The standard InChI is InChI=1S/C14H19FNO9P/c1-24-10-5-7(4-8(15)12(10)25-6-11(17)18)14(21)26(22,23)3-2-9(16)13(19)20/h4-5,9,14,21H,2-3,6,16H2,1H3,(H,17,18)(H,19,20)(H,22,23)/t9-,14?/m1/s1. The second kappa shape index (κ2) is 8.95. The van der Waals surface area contributed by atoms with Crippen LogP contribution in [0.4, 0.5) is 4.39 Å². The third-order valence-electron chi connectivity index (χ3n) is 3.35. The summed E-state index contributed by atoms with van der Waals surface area (Å²) in [6.45, 7) is -0.846. The third kappa shape index (κ3) is 5.67. The molecule has 0 saturated heterocycles. The molecule has 146 valence electrons. The molecule has 0 aromatic heterocycles. The number of carbonyl (C=O) groups is 2. The van der Waals surface area contributed by atoms with Gasteiger partial charge in [-0.1, -0.05) is 0 Å². The molecule has 0 spiro atoms. The number of halogens is 1. The van der Waals surface area contributed by atoms with Crippen LogP contribution in [0.3, 0.4) is 0 Å². The Hall–Kier alpha value is -2.20. The third-order valence-corrected chi connectivity index (χ3v) is 5.31. The maximum atomic E-state index is 14.1. The van der Waals surface area contributed by atoms with Crippen molar-refractivity contribution in [2.24, 2.45) is 5.73 Å². The van der Waals surface area contributed by atoms with Gasteiger partial charge in [-0.2, -0.15) is 0 Å². The number of benzene rings is 1. The van der Waals surface area contributed by atoms with Gasteiger partial charge in [0.25, 0.3) is 0 Å². The number of methoxy groups -OCH3 is 1. The highest BCUT2D eigenvalue weighted by atomic mass is 31.2. The first-order valence-corrected chi connectivity index (χ1v) is 9.11. The van der Waals surface area contributed by atoms with Gasteiger partial charge in [0.15, 0.2) is 29.8 Å². The highest BCUT2D eigenvalue weighted by Crippen LogP contribution is 2.55. The van der Waals surface area contributed by atoms with Crippen molar-refractivity contribution in [1.29, 1.82) is 0 Å². The van der Waals surface area contributed by atoms with E-state index in [9.17, 15) is 28.5 Å². The van der Waals surface area contributed by atoms with Gasteiger partial charge in [0, 0.05) is 6.16 Å². The summed E-state index contributed by atoms with van der Waals surface area (Å²) >= 11 is 0. The lowest BCUT2D eigenvalue weighted by Crippen LogP contribution is -2.31. The molecule has 26 heavy (non-hydrogen) atoms. The molecule has 6 N–H and O–H groups in total. The molecule has 0 amide bonds. The van der Waals surface area contributed by atoms with Crippen molar-refractivity contribution in [3.8, 4) is 11.5 Å². The molecule has 2 unspecified atom stereocenters. The lowest BCUT2D eigenvalue weighted by molar-refractivity contribution is -0.140. The predicted octanol–water partition coefficient (Wildman–Crippen LogP) is 0.361. The predicted molar refractivity (Wildman–Crippen MR) is 86.0 cm³/mol. The average molecular weight is 395 g/mol. The monoisotopic (exact) mass is 395 g/mol. The quantitative estimate of drug-likeness (QED) is 0.348. The smallest absolute Gasteiger partial charge is 0.341 e. The SMILES string of the molecule is COc1cc(C(O)P(=O)(O)CC[C@@H](N)C(=O)O)cc(F)c1OCC(=O)O. The second-order valence-corrected chi connectivity index (χ2v) is 7.75. The van der Waals surface area contributed by atoms with Crippen LogP contribution in [0.1, 0.15) is 17.8 Å². The molecule has 0 radical (unpaired) electrons. The molecule has 1 aromatic carbocycles. The lowest BCUT2D eigenvalue weighted by atomic mass is 10.2. The number of carboxylic acids is 2. The van der Waals surface area contributed by atoms with Gasteiger partial charge in [0.2, 0.25) is 7.37 Å². The first kappa shape index (κ1) is 21.8. The van der Waals surface area contributed by atoms with Gasteiger partial charge in [0.1, 0.15) is 6.04 Å². The van der Waals surface area contributed by atoms with Gasteiger partial charge in [-0.15, -0.1) is 0 Å². The zero-order valence-corrected chi connectivity index (χ0v) is 14.6. The number of hydrogen-bond acceptors (Lipinski definition) is 7. The molecule has 1 rings (SSSR count). The first-order valence-electron chi connectivity index (χ1n) is 7.19. The van der Waals surface area contributed by atoms with Crippen LogP contribution in [-0.4, -0.2) is 58.1 Å². The van der Waals surface area contributed by atoms with E-state index >= 15 is 0 Å². The highest BCUT2D eigenvalue weighted by Gasteiger charge is 2.33. The zero-order chi connectivity index (χ0) is 20.1. The number of aliphatic carboxylic acids is 2. The van der Waals surface area contributed by atoms with Crippen LogP contribution < -0.4 is 15.2 Å². The van der Waals surface area contributed by atoms with Crippen molar-refractivity contribution in [2.75, 3.05) is 19.9 Å². The number of aliphatic hydroxyl groups excluding tert-OH is 1. The first-order chi connectivity index (χ1) is 12.0. The summed E-state index contributed by atoms with van der Waals surface area (Å²) < 4.78 is 36.0. The van der Waals surface area contributed by atoms with Crippen LogP contribution in [0.25, 0.3) is 0 Å². The molecular weight excluding hydrogens is 376 g/mol. The van der Waals surface area contributed by atoms with Crippen LogP contribution in [0.5, 0.6) is 11.5 Å². The Morgan fingerprint density at radius 3 is 2.46 bits per heavy atom. The van der Waals surface area contributed by atoms with E-state index < -0.39 is 55.5 Å². The molecule has 1 aromatic rings. The van der Waals surface area contributed by atoms with E-state index in [1.54, 1.807) is 0 Å². The molecular formula is C14H19FNO9P. The summed E-state index contributed by atoms with van der Waals surface area (Å²) in [6, 6.07) is 0.329. The lowest BCUT2D eigenvalue weighted by Gasteiger charge is -2.21. The van der Waals surface area contributed by atoms with E-state index in [2.05, 4.69) is 0 Å². The van der Waals surface area contributed by atoms with Gasteiger partial charge in [-0.05, 0) is 24.1 Å². The second-order valence-electron chi connectivity index (χ2n) is 5.30. The molecule has 3 atom stereocenters. The largest absolute Gasteiger partial charge is 0.493 e. The van der Waals surface area contributed by atoms with Crippen LogP contribution in [0.2, 0.25) is 0 Å². The number of rotatable bonds is 10. The van der Waals surface area contributed by atoms with Crippen LogP contribution in [0, 0.1) is 5.82 Å². The Bertz CT molecular complexity index is 727. The van der Waals surface area contributed by atoms with E-state index in [-0.39, 0.29) is 17.7 Å². The van der Waals surface area contributed by atoms with Crippen molar-refractivity contribution < 1.29 is 48.2 Å². The fourth-order valence-corrected chi connectivity index (χ4v) is 3.47. The molecule has 0 aliphatic heterocycles. The van der Waals surface area contributed by atoms with Gasteiger partial charge < -0.3 is 35.4 Å². The number of ether oxygens (including phenoxy) is 2. The van der Waals surface area contributed by atoms with Gasteiger partial charge >= 0.3 is 11.9 Å². The summed E-state index contributed by atoms with van der Waals surface area (Å²) in [4.78, 5) is 31.1. The Labute approximate surface area is 147 Å². The Morgan fingerprint density at radius 1 is 1.35 bits per heavy atom. The summed E-state index contributed by atoms with van der Waals surface area (Å²) in [7, 11) is -3.21. The van der Waals surface area contributed by atoms with Crippen LogP contribution in [-0.2, 0) is 14.2 Å². The van der Waals surface area contributed by atoms with Gasteiger partial charge in [-0.25, -0.2) is 9.18 Å². The van der Waals surface area contributed by atoms with E-state index in [1.807, 2.05) is 0 Å². The highest BCUT2D eigenvalue weighted by molar-refractivity contribution is 7.58. The molecule has 10 nitrogen and oxygen atoms in total. The molecule has 12 heteroatoms. The minimum absolute atomic E-state index is 0.289. The maximum absolute atomic E-state index is 14.1. The van der Waals surface area contributed by atoms with Crippen LogP contribution in [0.15, 0.2) is 12.1 Å². The van der Waals surface area contributed by atoms with Crippen molar-refractivity contribution >= 4 is 19.3 Å². The van der Waals surface area contributed by atoms with Crippen molar-refractivity contribution in [3.63, 3.8) is 0 Å². The van der Waals surface area contributed by atoms with Crippen molar-refractivity contribution in [3.05, 3.63) is 23.5 Å². The molecule has 0 aliphatic carbocycles. The van der Waals surface area contributed by atoms with Gasteiger partial charge in [0.05, 0.1) is 7.11 Å². The molecule has 0 saturated carbocycles. The number of aliphatic hydroxyl groups is 1. The fourth-order valence-electron chi connectivity index (χ4n) is 1.97. The van der Waals surface area contributed by atoms with Crippen molar-refractivity contribution in [1.82, 2.24) is 0 Å². The minimum Gasteiger partial charge on any atom is -0.493 e. The topological polar surface area (TPSA) is 177 Å². The number of hydrogen-bond donors (Lipinski definition) is 5. The molecule has 0 aliphatic rings.